The van der Waals surface area contributed by atoms with Gasteiger partial charge >= 0.3 is 5.97 Å². The minimum absolute atomic E-state index is 0.131. The number of aromatic carboxylic acids is 1. The van der Waals surface area contributed by atoms with Gasteiger partial charge in [0.2, 0.25) is 5.91 Å². The SMILES string of the molecule is CCn1ccc(C(=O)Nc2ccc(NC(=O)C(C)n3ccc(C(=O)O)n3)cc2)n1. The second kappa shape index (κ2) is 8.38. The van der Waals surface area contributed by atoms with E-state index >= 15 is 0 Å². The number of nitrogens with one attached hydrogen (secondary N) is 2. The van der Waals surface area contributed by atoms with Crippen LogP contribution in [0.25, 0.3) is 0 Å². The predicted molar refractivity (Wildman–Crippen MR) is 105 cm³/mol. The Balaban J connectivity index is 1.59. The number of amides is 2. The molecule has 10 nitrogen and oxygen atoms in total. The first-order valence-corrected chi connectivity index (χ1v) is 8.91. The topological polar surface area (TPSA) is 131 Å². The summed E-state index contributed by atoms with van der Waals surface area (Å²) in [7, 11) is 0. The van der Waals surface area contributed by atoms with E-state index < -0.39 is 12.0 Å². The largest absolute Gasteiger partial charge is 0.476 e. The van der Waals surface area contributed by atoms with Gasteiger partial charge in [-0.3, -0.25) is 19.0 Å². The number of aromatic nitrogens is 4. The van der Waals surface area contributed by atoms with E-state index in [-0.39, 0.29) is 17.5 Å². The summed E-state index contributed by atoms with van der Waals surface area (Å²) in [5.41, 5.74) is 1.28. The maximum absolute atomic E-state index is 12.4. The molecule has 150 valence electrons. The Morgan fingerprint density at radius 1 is 0.966 bits per heavy atom. The van der Waals surface area contributed by atoms with Crippen LogP contribution in [0.5, 0.6) is 0 Å². The zero-order chi connectivity index (χ0) is 21.0. The molecule has 10 heteroatoms. The Kier molecular flexibility index (Phi) is 5.72. The van der Waals surface area contributed by atoms with Crippen molar-refractivity contribution in [3.05, 3.63) is 60.2 Å². The lowest BCUT2D eigenvalue weighted by Crippen LogP contribution is -2.24. The summed E-state index contributed by atoms with van der Waals surface area (Å²) in [5.74, 6) is -1.84. The van der Waals surface area contributed by atoms with E-state index in [0.29, 0.717) is 23.6 Å². The van der Waals surface area contributed by atoms with Crippen LogP contribution in [0.15, 0.2) is 48.8 Å². The molecule has 0 aliphatic heterocycles. The summed E-state index contributed by atoms with van der Waals surface area (Å²) in [6.45, 7) is 4.22. The highest BCUT2D eigenvalue weighted by Crippen LogP contribution is 2.16. The maximum atomic E-state index is 12.4. The standard InChI is InChI=1S/C19H20N6O4/c1-3-24-10-8-15(22-24)18(27)21-14-6-4-13(5-7-14)20-17(26)12(2)25-11-9-16(23-25)19(28)29/h4-12H,3H2,1-2H3,(H,20,26)(H,21,27)(H,28,29). The number of hydrogen-bond donors (Lipinski definition) is 3. The molecule has 0 radical (unpaired) electrons. The third kappa shape index (κ3) is 4.67. The van der Waals surface area contributed by atoms with Crippen molar-refractivity contribution < 1.29 is 19.5 Å². The summed E-state index contributed by atoms with van der Waals surface area (Å²) >= 11 is 0. The number of aryl methyl sites for hydroxylation is 1. The van der Waals surface area contributed by atoms with Gasteiger partial charge in [0.1, 0.15) is 6.04 Å². The van der Waals surface area contributed by atoms with Crippen molar-refractivity contribution in [3.8, 4) is 0 Å². The first-order chi connectivity index (χ1) is 13.9. The van der Waals surface area contributed by atoms with Crippen molar-refractivity contribution in [1.82, 2.24) is 19.6 Å². The van der Waals surface area contributed by atoms with Gasteiger partial charge in [-0.2, -0.15) is 10.2 Å². The molecule has 3 N–H and O–H groups in total. The zero-order valence-electron chi connectivity index (χ0n) is 15.9. The predicted octanol–water partition coefficient (Wildman–Crippen LogP) is 2.25. The average Bonchev–Trinajstić information content (AvgIpc) is 3.38. The summed E-state index contributed by atoms with van der Waals surface area (Å²) in [6, 6.07) is 8.88. The monoisotopic (exact) mass is 396 g/mol. The number of hydrogen-bond acceptors (Lipinski definition) is 5. The van der Waals surface area contributed by atoms with E-state index in [0.717, 1.165) is 0 Å². The number of benzene rings is 1. The second-order valence-corrected chi connectivity index (χ2v) is 6.24. The van der Waals surface area contributed by atoms with Crippen LogP contribution >= 0.6 is 0 Å². The molecule has 2 heterocycles. The van der Waals surface area contributed by atoms with E-state index in [4.69, 9.17) is 5.11 Å². The first-order valence-electron chi connectivity index (χ1n) is 8.91. The van der Waals surface area contributed by atoms with E-state index in [1.807, 2.05) is 6.92 Å². The normalized spacial score (nSPS) is 11.7. The van der Waals surface area contributed by atoms with Crippen LogP contribution in [0.2, 0.25) is 0 Å². The maximum Gasteiger partial charge on any atom is 0.356 e. The number of nitrogens with zero attached hydrogens (tertiary/aromatic N) is 4. The van der Waals surface area contributed by atoms with Crippen LogP contribution in [-0.4, -0.2) is 42.5 Å². The molecule has 29 heavy (non-hydrogen) atoms. The fourth-order valence-corrected chi connectivity index (χ4v) is 2.53. The van der Waals surface area contributed by atoms with Crippen molar-refractivity contribution >= 4 is 29.2 Å². The summed E-state index contributed by atoms with van der Waals surface area (Å²) in [6.07, 6.45) is 3.17. The van der Waals surface area contributed by atoms with E-state index in [2.05, 4.69) is 20.8 Å². The number of rotatable bonds is 7. The van der Waals surface area contributed by atoms with Gasteiger partial charge in [0.05, 0.1) is 0 Å². The molecule has 0 aliphatic rings. The molecule has 1 aromatic carbocycles. The second-order valence-electron chi connectivity index (χ2n) is 6.24. The number of carbonyl (C=O) groups is 3. The molecule has 0 aliphatic carbocycles. The highest BCUT2D eigenvalue weighted by molar-refractivity contribution is 6.03. The van der Waals surface area contributed by atoms with E-state index in [1.54, 1.807) is 48.1 Å². The molecular weight excluding hydrogens is 376 g/mol. The smallest absolute Gasteiger partial charge is 0.356 e. The molecule has 3 aromatic rings. The number of carbonyl (C=O) groups excluding carboxylic acids is 2. The van der Waals surface area contributed by atoms with Gasteiger partial charge in [-0.25, -0.2) is 4.79 Å². The van der Waals surface area contributed by atoms with Gasteiger partial charge in [0, 0.05) is 30.3 Å². The van der Waals surface area contributed by atoms with Crippen LogP contribution in [0, 0.1) is 0 Å². The fraction of sp³-hybridized carbons (Fsp3) is 0.211. The van der Waals surface area contributed by atoms with Crippen molar-refractivity contribution in [2.45, 2.75) is 26.4 Å². The van der Waals surface area contributed by atoms with Crippen molar-refractivity contribution in [2.24, 2.45) is 0 Å². The summed E-state index contributed by atoms with van der Waals surface area (Å²) < 4.78 is 2.94. The van der Waals surface area contributed by atoms with Gasteiger partial charge in [-0.1, -0.05) is 0 Å². The van der Waals surface area contributed by atoms with Crippen LogP contribution in [0.4, 0.5) is 11.4 Å². The third-order valence-electron chi connectivity index (χ3n) is 4.21. The first kappa shape index (κ1) is 19.8. The van der Waals surface area contributed by atoms with Gasteiger partial charge in [0.15, 0.2) is 11.4 Å². The van der Waals surface area contributed by atoms with Crippen LogP contribution in [-0.2, 0) is 11.3 Å². The van der Waals surface area contributed by atoms with Crippen molar-refractivity contribution in [2.75, 3.05) is 10.6 Å². The molecular formula is C19H20N6O4. The third-order valence-corrected chi connectivity index (χ3v) is 4.21. The van der Waals surface area contributed by atoms with Crippen molar-refractivity contribution in [1.29, 1.82) is 0 Å². The summed E-state index contributed by atoms with van der Waals surface area (Å²) in [5, 5.41) is 22.4. The summed E-state index contributed by atoms with van der Waals surface area (Å²) in [4.78, 5) is 35.5. The van der Waals surface area contributed by atoms with Gasteiger partial charge in [0.25, 0.3) is 5.91 Å². The molecule has 3 rings (SSSR count). The Labute approximate surface area is 166 Å². The molecule has 0 fully saturated rings. The molecule has 1 unspecified atom stereocenters. The minimum atomic E-state index is -1.16. The molecule has 0 spiro atoms. The van der Waals surface area contributed by atoms with E-state index in [9.17, 15) is 14.4 Å². The van der Waals surface area contributed by atoms with Crippen LogP contribution in [0.3, 0.4) is 0 Å². The lowest BCUT2D eigenvalue weighted by molar-refractivity contribution is -0.119. The molecule has 2 amide bonds. The molecule has 1 atom stereocenters. The Morgan fingerprint density at radius 2 is 1.59 bits per heavy atom. The lowest BCUT2D eigenvalue weighted by atomic mass is 10.2. The number of carboxylic acid groups (broad SMARTS) is 1. The quantitative estimate of drug-likeness (QED) is 0.561. The highest BCUT2D eigenvalue weighted by Gasteiger charge is 2.18. The molecule has 2 aromatic heterocycles. The molecule has 0 saturated carbocycles. The molecule has 0 bridgehead atoms. The van der Waals surface area contributed by atoms with E-state index in [1.165, 1.54) is 16.9 Å². The number of carboxylic acids is 1. The molecule has 0 saturated heterocycles. The van der Waals surface area contributed by atoms with Gasteiger partial charge in [-0.15, -0.1) is 0 Å². The Hall–Kier alpha value is -3.95. The fourth-order valence-electron chi connectivity index (χ4n) is 2.53. The van der Waals surface area contributed by atoms with Crippen LogP contribution in [0.1, 0.15) is 40.9 Å². The Morgan fingerprint density at radius 3 is 2.14 bits per heavy atom. The van der Waals surface area contributed by atoms with Gasteiger partial charge in [-0.05, 0) is 50.2 Å². The van der Waals surface area contributed by atoms with Gasteiger partial charge < -0.3 is 15.7 Å². The Bertz CT molecular complexity index is 1040. The lowest BCUT2D eigenvalue weighted by Gasteiger charge is -2.13. The highest BCUT2D eigenvalue weighted by atomic mass is 16.4. The zero-order valence-corrected chi connectivity index (χ0v) is 15.9. The number of anilines is 2. The average molecular weight is 396 g/mol. The van der Waals surface area contributed by atoms with Crippen molar-refractivity contribution in [3.63, 3.8) is 0 Å². The minimum Gasteiger partial charge on any atom is -0.476 e. The van der Waals surface area contributed by atoms with Crippen LogP contribution < -0.4 is 10.6 Å².